The fourth-order valence-corrected chi connectivity index (χ4v) is 7.54. The topological polar surface area (TPSA) is 269 Å². The zero-order valence-corrected chi connectivity index (χ0v) is 26.2. The number of azo groups is 1. The highest BCUT2D eigenvalue weighted by atomic mass is 32.3. The van der Waals surface area contributed by atoms with Crippen molar-refractivity contribution in [2.24, 2.45) is 10.2 Å². The fourth-order valence-electron chi connectivity index (χ4n) is 4.16. The molecule has 0 aliphatic heterocycles. The van der Waals surface area contributed by atoms with Crippen molar-refractivity contribution in [3.05, 3.63) is 70.6 Å². The quantitative estimate of drug-likeness (QED) is 0.121. The Labute approximate surface area is 256 Å². The SMILES string of the molecule is Cc1[nH]n(-c2ccc(S(=O)(=O)CCOS(=O)(=O)O)cc2)c(=O)c1N=Nc1ccc2cc(S(=O)(=O)CCO)ccc2c1S(=O)(=O)O. The molecule has 0 unspecified atom stereocenters. The lowest BCUT2D eigenvalue weighted by Gasteiger charge is -2.09. The van der Waals surface area contributed by atoms with E-state index in [0.717, 1.165) is 35.0 Å². The standard InChI is InChI=1S/C24H24N4O13S4/c1-15-22(24(30)28(27-15)17-3-5-18(6-4-17)43(33,34)13-11-41-45(38,39)40)26-25-21-9-2-16-14-19(42(31,32)12-10-29)7-8-20(16)23(21)44(35,36)37/h2-9,14,27,29H,10-13H2,1H3,(H,35,36,37)(H,38,39,40). The van der Waals surface area contributed by atoms with Crippen LogP contribution in [0.4, 0.5) is 11.4 Å². The molecule has 0 radical (unpaired) electrons. The highest BCUT2D eigenvalue weighted by Gasteiger charge is 2.23. The second-order valence-electron chi connectivity index (χ2n) is 9.30. The number of rotatable bonds is 12. The van der Waals surface area contributed by atoms with Gasteiger partial charge in [-0.25, -0.2) is 25.7 Å². The van der Waals surface area contributed by atoms with Crippen LogP contribution in [0.2, 0.25) is 0 Å². The first-order valence-electron chi connectivity index (χ1n) is 12.4. The molecule has 0 saturated heterocycles. The number of aliphatic hydroxyl groups excluding tert-OH is 1. The smallest absolute Gasteiger partial charge is 0.395 e. The summed E-state index contributed by atoms with van der Waals surface area (Å²) < 4.78 is 119. The normalized spacial score (nSPS) is 13.2. The molecule has 242 valence electrons. The minimum Gasteiger partial charge on any atom is -0.395 e. The van der Waals surface area contributed by atoms with E-state index in [1.54, 1.807) is 0 Å². The lowest BCUT2D eigenvalue weighted by Crippen LogP contribution is -2.16. The van der Waals surface area contributed by atoms with Gasteiger partial charge < -0.3 is 5.11 Å². The van der Waals surface area contributed by atoms with E-state index in [0.29, 0.717) is 0 Å². The second-order valence-corrected chi connectivity index (χ2v) is 16.0. The highest BCUT2D eigenvalue weighted by Crippen LogP contribution is 2.34. The number of aliphatic hydroxyl groups is 1. The van der Waals surface area contributed by atoms with Crippen molar-refractivity contribution in [1.29, 1.82) is 0 Å². The van der Waals surface area contributed by atoms with Gasteiger partial charge in [0.1, 0.15) is 10.6 Å². The molecule has 21 heteroatoms. The maximum absolute atomic E-state index is 13.1. The summed E-state index contributed by atoms with van der Waals surface area (Å²) in [5, 5.41) is 19.5. The summed E-state index contributed by atoms with van der Waals surface area (Å²) in [5.41, 5.74) is -1.05. The van der Waals surface area contributed by atoms with Crippen LogP contribution in [0.1, 0.15) is 5.69 Å². The number of hydrogen-bond donors (Lipinski definition) is 4. The van der Waals surface area contributed by atoms with Crippen LogP contribution in [0, 0.1) is 6.92 Å². The average molecular weight is 705 g/mol. The van der Waals surface area contributed by atoms with E-state index in [2.05, 4.69) is 19.5 Å². The number of aromatic amines is 1. The van der Waals surface area contributed by atoms with Gasteiger partial charge in [0.25, 0.3) is 15.7 Å². The Morgan fingerprint density at radius 2 is 1.44 bits per heavy atom. The van der Waals surface area contributed by atoms with E-state index < -0.39 is 75.4 Å². The van der Waals surface area contributed by atoms with Crippen molar-refractivity contribution < 1.29 is 52.1 Å². The molecule has 3 aromatic carbocycles. The van der Waals surface area contributed by atoms with Gasteiger partial charge in [-0.2, -0.15) is 16.8 Å². The van der Waals surface area contributed by atoms with Crippen LogP contribution in [0.5, 0.6) is 0 Å². The molecule has 0 fully saturated rings. The van der Waals surface area contributed by atoms with Gasteiger partial charge in [0.15, 0.2) is 25.4 Å². The number of aryl methyl sites for hydroxylation is 1. The summed E-state index contributed by atoms with van der Waals surface area (Å²) in [5.74, 6) is -1.32. The zero-order valence-electron chi connectivity index (χ0n) is 22.9. The molecule has 0 atom stereocenters. The van der Waals surface area contributed by atoms with E-state index >= 15 is 0 Å². The number of benzene rings is 3. The predicted octanol–water partition coefficient (Wildman–Crippen LogP) is 1.65. The Morgan fingerprint density at radius 1 is 0.822 bits per heavy atom. The molecule has 4 aromatic rings. The van der Waals surface area contributed by atoms with Crippen LogP contribution in [0.25, 0.3) is 16.5 Å². The van der Waals surface area contributed by atoms with Gasteiger partial charge in [-0.1, -0.05) is 12.1 Å². The minimum atomic E-state index is -4.94. The van der Waals surface area contributed by atoms with Crippen molar-refractivity contribution >= 4 is 62.3 Å². The van der Waals surface area contributed by atoms with E-state index in [4.69, 9.17) is 9.66 Å². The van der Waals surface area contributed by atoms with Crippen LogP contribution < -0.4 is 5.56 Å². The summed E-state index contributed by atoms with van der Waals surface area (Å²) in [6, 6.07) is 10.8. The van der Waals surface area contributed by atoms with Gasteiger partial charge in [0.2, 0.25) is 0 Å². The van der Waals surface area contributed by atoms with Gasteiger partial charge in [-0.05, 0) is 54.8 Å². The Morgan fingerprint density at radius 3 is 2.04 bits per heavy atom. The van der Waals surface area contributed by atoms with Crippen LogP contribution >= 0.6 is 0 Å². The molecule has 4 rings (SSSR count). The fraction of sp³-hybridized carbons (Fsp3) is 0.208. The summed E-state index contributed by atoms with van der Waals surface area (Å²) in [6.45, 7) is 0.0106. The second kappa shape index (κ2) is 12.5. The summed E-state index contributed by atoms with van der Waals surface area (Å²) in [7, 11) is -17.6. The predicted molar refractivity (Wildman–Crippen MR) is 158 cm³/mol. The van der Waals surface area contributed by atoms with E-state index in [1.807, 2.05) is 0 Å². The van der Waals surface area contributed by atoms with E-state index in [9.17, 15) is 43.0 Å². The summed E-state index contributed by atoms with van der Waals surface area (Å²) in [6.07, 6.45) is 0. The third-order valence-electron chi connectivity index (χ3n) is 6.23. The lowest BCUT2D eigenvalue weighted by atomic mass is 10.1. The number of nitrogens with one attached hydrogen (secondary N) is 1. The Hall–Kier alpha value is -3.83. The molecule has 4 N–H and O–H groups in total. The third kappa shape index (κ3) is 7.70. The van der Waals surface area contributed by atoms with Crippen molar-refractivity contribution in [2.75, 3.05) is 24.7 Å². The summed E-state index contributed by atoms with van der Waals surface area (Å²) in [4.78, 5) is 12.0. The first-order chi connectivity index (χ1) is 20.8. The van der Waals surface area contributed by atoms with Crippen LogP contribution in [-0.4, -0.2) is 82.4 Å². The monoisotopic (exact) mass is 704 g/mol. The minimum absolute atomic E-state index is 0.0836. The number of H-pyrrole nitrogens is 1. The van der Waals surface area contributed by atoms with Crippen LogP contribution in [-0.2, 0) is 44.4 Å². The highest BCUT2D eigenvalue weighted by molar-refractivity contribution is 7.91. The lowest BCUT2D eigenvalue weighted by molar-refractivity contribution is 0.284. The molecule has 1 heterocycles. The molecule has 1 aromatic heterocycles. The van der Waals surface area contributed by atoms with Gasteiger partial charge in [0, 0.05) is 5.39 Å². The number of nitrogens with zero attached hydrogens (tertiary/aromatic N) is 3. The van der Waals surface area contributed by atoms with Crippen molar-refractivity contribution in [3.8, 4) is 5.69 Å². The molecular formula is C24H24N4O13S4. The Kier molecular flexibility index (Phi) is 9.47. The average Bonchev–Trinajstić information content (AvgIpc) is 3.22. The van der Waals surface area contributed by atoms with Crippen molar-refractivity contribution in [3.63, 3.8) is 0 Å². The van der Waals surface area contributed by atoms with Crippen LogP contribution in [0.3, 0.4) is 0 Å². The van der Waals surface area contributed by atoms with E-state index in [-0.39, 0.29) is 43.3 Å². The Balaban J connectivity index is 1.68. The van der Waals surface area contributed by atoms with Gasteiger partial charge in [-0.3, -0.25) is 19.0 Å². The number of sulfone groups is 2. The molecule has 0 saturated carbocycles. The van der Waals surface area contributed by atoms with Crippen LogP contribution in [0.15, 0.2) is 84.3 Å². The molecule has 17 nitrogen and oxygen atoms in total. The molecular weight excluding hydrogens is 681 g/mol. The molecule has 0 amide bonds. The molecule has 0 bridgehead atoms. The molecule has 0 aliphatic carbocycles. The number of aromatic nitrogens is 2. The third-order valence-corrected chi connectivity index (χ3v) is 11.0. The number of fused-ring (bicyclic) bond motifs is 1. The van der Waals surface area contributed by atoms with Crippen molar-refractivity contribution in [2.45, 2.75) is 21.6 Å². The van der Waals surface area contributed by atoms with Gasteiger partial charge in [-0.15, -0.1) is 10.2 Å². The zero-order chi connectivity index (χ0) is 33.4. The largest absolute Gasteiger partial charge is 0.397 e. The first kappa shape index (κ1) is 34.1. The molecule has 45 heavy (non-hydrogen) atoms. The maximum Gasteiger partial charge on any atom is 0.397 e. The van der Waals surface area contributed by atoms with Gasteiger partial charge in [0.05, 0.1) is 45.9 Å². The molecule has 0 aliphatic rings. The number of hydrogen-bond acceptors (Lipinski definition) is 13. The maximum atomic E-state index is 13.1. The Bertz CT molecular complexity index is 2310. The summed E-state index contributed by atoms with van der Waals surface area (Å²) >= 11 is 0. The van der Waals surface area contributed by atoms with Gasteiger partial charge >= 0.3 is 10.4 Å². The van der Waals surface area contributed by atoms with Crippen molar-refractivity contribution in [1.82, 2.24) is 9.78 Å². The molecule has 0 spiro atoms. The van der Waals surface area contributed by atoms with E-state index in [1.165, 1.54) is 31.2 Å². The first-order valence-corrected chi connectivity index (χ1v) is 18.5.